The molecule has 0 N–H and O–H groups in total. The van der Waals surface area contributed by atoms with Crippen molar-refractivity contribution >= 4 is 17.4 Å². The molecule has 0 atom stereocenters. The highest BCUT2D eigenvalue weighted by molar-refractivity contribution is 6.31. The van der Waals surface area contributed by atoms with Crippen LogP contribution >= 0.6 is 11.6 Å². The Morgan fingerprint density at radius 1 is 0.962 bits per heavy atom. The van der Waals surface area contributed by atoms with Gasteiger partial charge in [-0.05, 0) is 49.8 Å². The summed E-state index contributed by atoms with van der Waals surface area (Å²) in [5.74, 6) is 0.305. The number of likely N-dealkylation sites (tertiary alicyclic amines) is 1. The summed E-state index contributed by atoms with van der Waals surface area (Å²) in [5.41, 5.74) is 3.43. The molecule has 0 spiro atoms. The van der Waals surface area contributed by atoms with E-state index in [0.29, 0.717) is 23.8 Å². The van der Waals surface area contributed by atoms with Crippen LogP contribution in [0.5, 0.6) is 0 Å². The first-order valence-corrected chi connectivity index (χ1v) is 10.1. The number of hydrogen-bond donors (Lipinski definition) is 0. The minimum atomic E-state index is 0.305. The number of carbonyl (C=O) groups excluding carboxylic acids is 1. The Balaban J connectivity index is 1.77. The monoisotopic (exact) mass is 370 g/mol. The Morgan fingerprint density at radius 3 is 2.31 bits per heavy atom. The van der Waals surface area contributed by atoms with E-state index in [-0.39, 0.29) is 0 Å². The lowest BCUT2D eigenvalue weighted by atomic mass is 10.0. The number of carbonyl (C=O) groups is 1. The molecule has 1 fully saturated rings. The first-order valence-electron chi connectivity index (χ1n) is 9.73. The molecule has 0 aliphatic carbocycles. The van der Waals surface area contributed by atoms with Gasteiger partial charge in [-0.15, -0.1) is 0 Å². The zero-order chi connectivity index (χ0) is 18.4. The van der Waals surface area contributed by atoms with E-state index in [2.05, 4.69) is 30.3 Å². The normalized spacial score (nSPS) is 16.8. The van der Waals surface area contributed by atoms with Gasteiger partial charge in [0.1, 0.15) is 13.1 Å². The van der Waals surface area contributed by atoms with Crippen LogP contribution in [0.25, 0.3) is 0 Å². The van der Waals surface area contributed by atoms with Crippen molar-refractivity contribution in [3.63, 3.8) is 0 Å². The van der Waals surface area contributed by atoms with Crippen LogP contribution in [0.4, 0.5) is 0 Å². The van der Waals surface area contributed by atoms with E-state index >= 15 is 0 Å². The standard InChI is InChI=1S/C23H29ClNO/c1-19-10-9-13-23(24)22(19)16-21(26)18-25(14-7-2-3-8-15-25)17-20-11-5-4-6-12-20/h4-6,9-13H,2-3,7-8,14-18H2,1H3/q+1. The largest absolute Gasteiger partial charge is 0.314 e. The summed E-state index contributed by atoms with van der Waals surface area (Å²) >= 11 is 6.35. The lowest BCUT2D eigenvalue weighted by Gasteiger charge is -2.37. The van der Waals surface area contributed by atoms with Gasteiger partial charge in [0.05, 0.1) is 13.1 Å². The predicted molar refractivity (Wildman–Crippen MR) is 108 cm³/mol. The van der Waals surface area contributed by atoms with E-state index in [0.717, 1.165) is 35.2 Å². The number of benzene rings is 2. The zero-order valence-electron chi connectivity index (χ0n) is 15.7. The first-order chi connectivity index (χ1) is 12.6. The third-order valence-electron chi connectivity index (χ3n) is 5.61. The second-order valence-corrected chi connectivity index (χ2v) is 8.16. The maximum absolute atomic E-state index is 13.0. The molecule has 0 saturated carbocycles. The molecule has 1 aliphatic rings. The van der Waals surface area contributed by atoms with Gasteiger partial charge in [-0.25, -0.2) is 0 Å². The van der Waals surface area contributed by atoms with Crippen molar-refractivity contribution in [1.82, 2.24) is 0 Å². The molecule has 2 nitrogen and oxygen atoms in total. The molecule has 0 amide bonds. The van der Waals surface area contributed by atoms with Crippen LogP contribution in [0.3, 0.4) is 0 Å². The summed E-state index contributed by atoms with van der Waals surface area (Å²) in [7, 11) is 0. The van der Waals surface area contributed by atoms with E-state index in [1.54, 1.807) is 0 Å². The van der Waals surface area contributed by atoms with Crippen molar-refractivity contribution in [1.29, 1.82) is 0 Å². The van der Waals surface area contributed by atoms with Crippen molar-refractivity contribution < 1.29 is 9.28 Å². The van der Waals surface area contributed by atoms with Gasteiger partial charge in [0.15, 0.2) is 5.78 Å². The van der Waals surface area contributed by atoms with Crippen LogP contribution in [-0.2, 0) is 17.8 Å². The van der Waals surface area contributed by atoms with E-state index in [4.69, 9.17) is 11.6 Å². The van der Waals surface area contributed by atoms with Gasteiger partial charge in [0.25, 0.3) is 0 Å². The minimum absolute atomic E-state index is 0.305. The fourth-order valence-electron chi connectivity index (χ4n) is 4.22. The number of nitrogens with zero attached hydrogens (tertiary/aromatic N) is 1. The molecule has 2 aromatic rings. The Hall–Kier alpha value is -1.64. The summed E-state index contributed by atoms with van der Waals surface area (Å²) < 4.78 is 0.895. The van der Waals surface area contributed by atoms with Gasteiger partial charge in [0, 0.05) is 17.0 Å². The smallest absolute Gasteiger partial charge is 0.191 e. The Labute approximate surface area is 162 Å². The van der Waals surface area contributed by atoms with Crippen molar-refractivity contribution in [2.45, 2.75) is 45.6 Å². The quantitative estimate of drug-likeness (QED) is 0.626. The molecule has 1 saturated heterocycles. The number of quaternary nitrogens is 1. The lowest BCUT2D eigenvalue weighted by molar-refractivity contribution is -0.932. The third kappa shape index (κ3) is 4.96. The number of aryl methyl sites for hydroxylation is 1. The number of ketones is 1. The van der Waals surface area contributed by atoms with Crippen molar-refractivity contribution in [2.75, 3.05) is 19.6 Å². The van der Waals surface area contributed by atoms with Gasteiger partial charge < -0.3 is 4.48 Å². The van der Waals surface area contributed by atoms with Crippen molar-refractivity contribution in [3.8, 4) is 0 Å². The van der Waals surface area contributed by atoms with Gasteiger partial charge >= 0.3 is 0 Å². The van der Waals surface area contributed by atoms with Gasteiger partial charge in [-0.3, -0.25) is 4.79 Å². The molecule has 1 aliphatic heterocycles. The number of rotatable bonds is 6. The van der Waals surface area contributed by atoms with E-state index < -0.39 is 0 Å². The fraction of sp³-hybridized carbons (Fsp3) is 0.435. The molecular weight excluding hydrogens is 342 g/mol. The minimum Gasteiger partial charge on any atom is -0.314 e. The highest BCUT2D eigenvalue weighted by Crippen LogP contribution is 2.25. The first kappa shape index (κ1) is 19.1. The molecule has 1 heterocycles. The SMILES string of the molecule is Cc1cccc(Cl)c1CC(=O)C[N+]1(Cc2ccccc2)CCCCCC1. The lowest BCUT2D eigenvalue weighted by Crippen LogP contribution is -2.51. The maximum Gasteiger partial charge on any atom is 0.191 e. The summed E-state index contributed by atoms with van der Waals surface area (Å²) in [6.07, 6.45) is 5.44. The van der Waals surface area contributed by atoms with E-state index in [1.165, 1.54) is 31.2 Å². The summed E-state index contributed by atoms with van der Waals surface area (Å²) in [6.45, 7) is 5.80. The predicted octanol–water partition coefficient (Wildman–Crippen LogP) is 5.35. The van der Waals surface area contributed by atoms with Crippen molar-refractivity contribution in [3.05, 3.63) is 70.2 Å². The van der Waals surface area contributed by atoms with Crippen LogP contribution in [0.15, 0.2) is 48.5 Å². The average Bonchev–Trinajstić information content (AvgIpc) is 2.85. The summed E-state index contributed by atoms with van der Waals surface area (Å²) in [4.78, 5) is 13.0. The second-order valence-electron chi connectivity index (χ2n) is 7.76. The zero-order valence-corrected chi connectivity index (χ0v) is 16.5. The molecule has 138 valence electrons. The Bertz CT molecular complexity index is 713. The van der Waals surface area contributed by atoms with Gasteiger partial charge in [-0.1, -0.05) is 54.1 Å². The molecule has 26 heavy (non-hydrogen) atoms. The number of Topliss-reactive ketones (excluding diaryl/α,β-unsaturated/α-hetero) is 1. The number of halogens is 1. The summed E-state index contributed by atoms with van der Waals surface area (Å²) in [6, 6.07) is 16.5. The van der Waals surface area contributed by atoms with Crippen LogP contribution in [0.2, 0.25) is 5.02 Å². The number of hydrogen-bond acceptors (Lipinski definition) is 1. The second kappa shape index (κ2) is 8.83. The van der Waals surface area contributed by atoms with Gasteiger partial charge in [0.2, 0.25) is 0 Å². The van der Waals surface area contributed by atoms with Crippen LogP contribution in [-0.4, -0.2) is 29.9 Å². The molecule has 0 aromatic heterocycles. The van der Waals surface area contributed by atoms with Gasteiger partial charge in [-0.2, -0.15) is 0 Å². The van der Waals surface area contributed by atoms with Crippen molar-refractivity contribution in [2.24, 2.45) is 0 Å². The molecule has 0 unspecified atom stereocenters. The fourth-order valence-corrected chi connectivity index (χ4v) is 4.51. The molecule has 2 aromatic carbocycles. The van der Waals surface area contributed by atoms with Crippen LogP contribution < -0.4 is 0 Å². The van der Waals surface area contributed by atoms with Crippen LogP contribution in [0.1, 0.15) is 42.4 Å². The molecule has 3 rings (SSSR count). The topological polar surface area (TPSA) is 17.1 Å². The van der Waals surface area contributed by atoms with Crippen LogP contribution in [0, 0.1) is 6.92 Å². The maximum atomic E-state index is 13.0. The molecule has 0 bridgehead atoms. The molecule has 3 heteroatoms. The molecular formula is C23H29ClNO+. The Morgan fingerprint density at radius 2 is 1.65 bits per heavy atom. The Kier molecular flexibility index (Phi) is 6.50. The third-order valence-corrected chi connectivity index (χ3v) is 5.97. The highest BCUT2D eigenvalue weighted by Gasteiger charge is 2.31. The highest BCUT2D eigenvalue weighted by atomic mass is 35.5. The van der Waals surface area contributed by atoms with E-state index in [9.17, 15) is 4.79 Å². The average molecular weight is 371 g/mol. The molecule has 0 radical (unpaired) electrons. The summed E-state index contributed by atoms with van der Waals surface area (Å²) in [5, 5.41) is 0.712. The van der Waals surface area contributed by atoms with E-state index in [1.807, 2.05) is 25.1 Å².